The first kappa shape index (κ1) is 13.9. The third-order valence-corrected chi connectivity index (χ3v) is 4.32. The fourth-order valence-electron chi connectivity index (χ4n) is 2.18. The van der Waals surface area contributed by atoms with Crippen molar-refractivity contribution in [3.8, 4) is 0 Å². The second-order valence-corrected chi connectivity index (χ2v) is 5.39. The van der Waals surface area contributed by atoms with Crippen LogP contribution in [0.3, 0.4) is 0 Å². The Morgan fingerprint density at radius 2 is 1.81 bits per heavy atom. The van der Waals surface area contributed by atoms with E-state index in [1.54, 1.807) is 0 Å². The van der Waals surface area contributed by atoms with Crippen LogP contribution in [0.25, 0.3) is 0 Å². The summed E-state index contributed by atoms with van der Waals surface area (Å²) in [5, 5.41) is 13.2. The first-order chi connectivity index (χ1) is 7.60. The second-order valence-electron chi connectivity index (χ2n) is 5.39. The fourth-order valence-corrected chi connectivity index (χ4v) is 2.18. The Kier molecular flexibility index (Phi) is 5.22. The van der Waals surface area contributed by atoms with Crippen molar-refractivity contribution in [3.05, 3.63) is 0 Å². The molecule has 3 nitrogen and oxygen atoms in total. The Morgan fingerprint density at radius 1 is 1.25 bits per heavy atom. The van der Waals surface area contributed by atoms with E-state index in [0.717, 1.165) is 45.4 Å². The Bertz CT molecular complexity index is 188. The highest BCUT2D eigenvalue weighted by Crippen LogP contribution is 2.27. The second kappa shape index (κ2) is 5.99. The van der Waals surface area contributed by atoms with E-state index in [1.807, 2.05) is 0 Å². The zero-order valence-corrected chi connectivity index (χ0v) is 11.0. The average Bonchev–Trinajstić information content (AvgIpc) is 2.33. The first-order valence-corrected chi connectivity index (χ1v) is 6.53. The van der Waals surface area contributed by atoms with E-state index < -0.39 is 0 Å². The highest BCUT2D eigenvalue weighted by molar-refractivity contribution is 4.89. The van der Waals surface area contributed by atoms with Gasteiger partial charge >= 0.3 is 0 Å². The van der Waals surface area contributed by atoms with Crippen LogP contribution in [-0.4, -0.2) is 37.0 Å². The van der Waals surface area contributed by atoms with Crippen LogP contribution < -0.4 is 5.32 Å². The van der Waals surface area contributed by atoms with E-state index in [1.165, 1.54) is 0 Å². The molecular weight excluding hydrogens is 202 g/mol. The molecule has 1 rings (SSSR count). The minimum absolute atomic E-state index is 0.0569. The maximum atomic E-state index is 9.53. The number of aliphatic hydroxyl groups excluding tert-OH is 1. The lowest BCUT2D eigenvalue weighted by atomic mass is 9.81. The van der Waals surface area contributed by atoms with E-state index in [0.29, 0.717) is 0 Å². The molecule has 0 amide bonds. The molecule has 16 heavy (non-hydrogen) atoms. The van der Waals surface area contributed by atoms with Gasteiger partial charge in [0.2, 0.25) is 0 Å². The van der Waals surface area contributed by atoms with Crippen molar-refractivity contribution in [1.82, 2.24) is 5.32 Å². The van der Waals surface area contributed by atoms with E-state index in [-0.39, 0.29) is 17.6 Å². The van der Waals surface area contributed by atoms with Gasteiger partial charge in [0.05, 0.1) is 0 Å². The van der Waals surface area contributed by atoms with Gasteiger partial charge in [0, 0.05) is 37.3 Å². The van der Waals surface area contributed by atoms with Gasteiger partial charge in [0.1, 0.15) is 0 Å². The number of aliphatic hydroxyl groups is 1. The highest BCUT2D eigenvalue weighted by Gasteiger charge is 2.31. The molecule has 0 radical (unpaired) electrons. The predicted octanol–water partition coefficient (Wildman–Crippen LogP) is 1.94. The summed E-state index contributed by atoms with van der Waals surface area (Å²) in [6.07, 6.45) is 4.20. The molecule has 0 aromatic rings. The van der Waals surface area contributed by atoms with E-state index in [2.05, 4.69) is 26.1 Å². The summed E-state index contributed by atoms with van der Waals surface area (Å²) in [5.74, 6) is 0. The lowest BCUT2D eigenvalue weighted by Gasteiger charge is -2.39. The Morgan fingerprint density at radius 3 is 2.25 bits per heavy atom. The zero-order valence-electron chi connectivity index (χ0n) is 11.0. The van der Waals surface area contributed by atoms with Gasteiger partial charge in [-0.25, -0.2) is 0 Å². The Labute approximate surface area is 99.6 Å². The molecule has 0 bridgehead atoms. The van der Waals surface area contributed by atoms with E-state index >= 15 is 0 Å². The number of hydrogen-bond donors (Lipinski definition) is 2. The van der Waals surface area contributed by atoms with Crippen LogP contribution in [0, 0.1) is 5.41 Å². The normalized spacial score (nSPS) is 21.0. The summed E-state index contributed by atoms with van der Waals surface area (Å²) < 4.78 is 5.39. The molecule has 3 heteroatoms. The molecule has 96 valence electrons. The van der Waals surface area contributed by atoms with E-state index in [9.17, 15) is 5.11 Å². The molecule has 1 heterocycles. The Hall–Kier alpha value is -0.120. The number of hydrogen-bond acceptors (Lipinski definition) is 3. The first-order valence-electron chi connectivity index (χ1n) is 6.53. The molecule has 0 atom stereocenters. The van der Waals surface area contributed by atoms with Crippen molar-refractivity contribution in [2.24, 2.45) is 5.41 Å². The molecule has 1 aliphatic rings. The van der Waals surface area contributed by atoms with Crippen molar-refractivity contribution in [2.45, 2.75) is 52.0 Å². The summed E-state index contributed by atoms with van der Waals surface area (Å²) in [6.45, 7) is 9.48. The SMILES string of the molecule is CCC(CC)(CO)CNC1(C)CCOCC1. The molecule has 1 fully saturated rings. The molecule has 0 aromatic heterocycles. The number of ether oxygens (including phenoxy) is 1. The van der Waals surface area contributed by atoms with Crippen molar-refractivity contribution >= 4 is 0 Å². The van der Waals surface area contributed by atoms with Crippen molar-refractivity contribution in [3.63, 3.8) is 0 Å². The summed E-state index contributed by atoms with van der Waals surface area (Å²) in [6, 6.07) is 0. The van der Waals surface area contributed by atoms with Crippen molar-refractivity contribution in [1.29, 1.82) is 0 Å². The smallest absolute Gasteiger partial charge is 0.0499 e. The van der Waals surface area contributed by atoms with Crippen LogP contribution in [0.5, 0.6) is 0 Å². The lowest BCUT2D eigenvalue weighted by Crippen LogP contribution is -2.51. The molecular formula is C13H27NO2. The maximum Gasteiger partial charge on any atom is 0.0499 e. The zero-order chi connectivity index (χ0) is 12.1. The molecule has 1 aliphatic heterocycles. The molecule has 0 spiro atoms. The summed E-state index contributed by atoms with van der Waals surface area (Å²) in [5.41, 5.74) is 0.254. The van der Waals surface area contributed by atoms with Gasteiger partial charge in [0.25, 0.3) is 0 Å². The minimum Gasteiger partial charge on any atom is -0.396 e. The average molecular weight is 229 g/mol. The van der Waals surface area contributed by atoms with Crippen LogP contribution >= 0.6 is 0 Å². The number of rotatable bonds is 6. The summed E-state index contributed by atoms with van der Waals surface area (Å²) in [7, 11) is 0. The molecule has 0 unspecified atom stereocenters. The molecule has 0 aliphatic carbocycles. The molecule has 1 saturated heterocycles. The van der Waals surface area contributed by atoms with Gasteiger partial charge in [-0.05, 0) is 32.6 Å². The molecule has 2 N–H and O–H groups in total. The van der Waals surface area contributed by atoms with Crippen LogP contribution in [-0.2, 0) is 4.74 Å². The fraction of sp³-hybridized carbons (Fsp3) is 1.00. The van der Waals surface area contributed by atoms with Crippen LogP contribution in [0.1, 0.15) is 46.5 Å². The van der Waals surface area contributed by atoms with Gasteiger partial charge in [-0.15, -0.1) is 0 Å². The minimum atomic E-state index is 0.0569. The monoisotopic (exact) mass is 229 g/mol. The van der Waals surface area contributed by atoms with Crippen LogP contribution in [0.15, 0.2) is 0 Å². The van der Waals surface area contributed by atoms with Gasteiger partial charge in [-0.1, -0.05) is 13.8 Å². The van der Waals surface area contributed by atoms with Crippen LogP contribution in [0.2, 0.25) is 0 Å². The quantitative estimate of drug-likeness (QED) is 0.731. The predicted molar refractivity (Wildman–Crippen MR) is 66.6 cm³/mol. The lowest BCUT2D eigenvalue weighted by molar-refractivity contribution is 0.0326. The largest absolute Gasteiger partial charge is 0.396 e. The summed E-state index contributed by atoms with van der Waals surface area (Å²) >= 11 is 0. The van der Waals surface area contributed by atoms with Gasteiger partial charge < -0.3 is 15.2 Å². The van der Waals surface area contributed by atoms with Crippen molar-refractivity contribution in [2.75, 3.05) is 26.4 Å². The third kappa shape index (κ3) is 3.44. The third-order valence-electron chi connectivity index (χ3n) is 4.32. The summed E-state index contributed by atoms with van der Waals surface area (Å²) in [4.78, 5) is 0. The number of nitrogens with one attached hydrogen (secondary N) is 1. The molecule has 0 saturated carbocycles. The molecule has 0 aromatic carbocycles. The van der Waals surface area contributed by atoms with Crippen LogP contribution in [0.4, 0.5) is 0 Å². The maximum absolute atomic E-state index is 9.53. The van der Waals surface area contributed by atoms with Gasteiger partial charge in [0.15, 0.2) is 0 Å². The Balaban J connectivity index is 2.47. The van der Waals surface area contributed by atoms with Gasteiger partial charge in [-0.3, -0.25) is 0 Å². The van der Waals surface area contributed by atoms with Crippen molar-refractivity contribution < 1.29 is 9.84 Å². The standard InChI is InChI=1S/C13H27NO2/c1-4-13(5-2,11-15)10-14-12(3)6-8-16-9-7-12/h14-15H,4-11H2,1-3H3. The van der Waals surface area contributed by atoms with E-state index in [4.69, 9.17) is 4.74 Å². The van der Waals surface area contributed by atoms with Gasteiger partial charge in [-0.2, -0.15) is 0 Å². The topological polar surface area (TPSA) is 41.5 Å². The highest BCUT2D eigenvalue weighted by atomic mass is 16.5.